The van der Waals surface area contributed by atoms with Gasteiger partial charge < -0.3 is 14.1 Å². The number of hydrogen-bond acceptors (Lipinski definition) is 3. The largest absolute Gasteiger partial charge is 0.486 e. The van der Waals surface area contributed by atoms with Gasteiger partial charge in [0.1, 0.15) is 18.1 Å². The molecule has 0 bridgehead atoms. The molecule has 5 heteroatoms. The Morgan fingerprint density at radius 3 is 2.72 bits per heavy atom. The summed E-state index contributed by atoms with van der Waals surface area (Å²) in [4.78, 5) is 14.5. The maximum Gasteiger partial charge on any atom is 0.293 e. The summed E-state index contributed by atoms with van der Waals surface area (Å²) in [5.74, 6) is 1.50. The SMILES string of the molecule is O=C(c1ccc(COc2ccc(Cl)cc2)o1)N1CCc2ccccc21. The summed E-state index contributed by atoms with van der Waals surface area (Å²) in [6.07, 6.45) is 0.870. The number of para-hydroxylation sites is 1. The van der Waals surface area contributed by atoms with Gasteiger partial charge in [-0.1, -0.05) is 29.8 Å². The Balaban J connectivity index is 1.44. The highest BCUT2D eigenvalue weighted by Gasteiger charge is 2.27. The van der Waals surface area contributed by atoms with Gasteiger partial charge in [0.05, 0.1) is 0 Å². The molecule has 2 aromatic carbocycles. The normalized spacial score (nSPS) is 12.9. The maximum atomic E-state index is 12.7. The summed E-state index contributed by atoms with van der Waals surface area (Å²) < 4.78 is 11.3. The molecule has 126 valence electrons. The van der Waals surface area contributed by atoms with Gasteiger partial charge in [-0.3, -0.25) is 4.79 Å². The van der Waals surface area contributed by atoms with Gasteiger partial charge in [-0.2, -0.15) is 0 Å². The van der Waals surface area contributed by atoms with E-state index in [1.54, 1.807) is 41.3 Å². The van der Waals surface area contributed by atoms with Gasteiger partial charge in [-0.25, -0.2) is 0 Å². The van der Waals surface area contributed by atoms with Crippen molar-refractivity contribution < 1.29 is 13.9 Å². The number of carbonyl (C=O) groups excluding carboxylic acids is 1. The molecule has 0 fully saturated rings. The number of furan rings is 1. The van der Waals surface area contributed by atoms with Crippen LogP contribution in [0.5, 0.6) is 5.75 Å². The fourth-order valence-electron chi connectivity index (χ4n) is 2.94. The zero-order chi connectivity index (χ0) is 17.2. The highest BCUT2D eigenvalue weighted by Crippen LogP contribution is 2.29. The van der Waals surface area contributed by atoms with Crippen LogP contribution in [0.3, 0.4) is 0 Å². The van der Waals surface area contributed by atoms with Crippen LogP contribution in [0.25, 0.3) is 0 Å². The van der Waals surface area contributed by atoms with Crippen LogP contribution < -0.4 is 9.64 Å². The van der Waals surface area contributed by atoms with E-state index in [0.717, 1.165) is 12.1 Å². The summed E-state index contributed by atoms with van der Waals surface area (Å²) in [7, 11) is 0. The second kappa shape index (κ2) is 6.65. The van der Waals surface area contributed by atoms with E-state index < -0.39 is 0 Å². The molecule has 1 aliphatic heterocycles. The Morgan fingerprint density at radius 2 is 1.88 bits per heavy atom. The lowest BCUT2D eigenvalue weighted by molar-refractivity contribution is 0.0958. The maximum absolute atomic E-state index is 12.7. The van der Waals surface area contributed by atoms with Crippen molar-refractivity contribution in [3.05, 3.63) is 82.8 Å². The molecule has 0 spiro atoms. The van der Waals surface area contributed by atoms with Gasteiger partial charge in [-0.05, 0) is 54.4 Å². The standard InChI is InChI=1S/C20H16ClNO3/c21-15-5-7-16(8-6-15)24-13-17-9-10-19(25-17)20(23)22-12-11-14-3-1-2-4-18(14)22/h1-10H,11-13H2. The lowest BCUT2D eigenvalue weighted by atomic mass is 10.2. The Kier molecular flexibility index (Phi) is 4.20. The quantitative estimate of drug-likeness (QED) is 0.682. The second-order valence-corrected chi connectivity index (χ2v) is 6.28. The van der Waals surface area contributed by atoms with E-state index in [9.17, 15) is 4.79 Å². The van der Waals surface area contributed by atoms with Gasteiger partial charge in [0, 0.05) is 17.3 Å². The zero-order valence-electron chi connectivity index (χ0n) is 13.4. The molecule has 4 nitrogen and oxygen atoms in total. The molecule has 0 saturated carbocycles. The molecule has 0 radical (unpaired) electrons. The van der Waals surface area contributed by atoms with E-state index in [1.807, 2.05) is 18.2 Å². The number of fused-ring (bicyclic) bond motifs is 1. The van der Waals surface area contributed by atoms with Crippen LogP contribution in [0.15, 0.2) is 65.1 Å². The van der Waals surface area contributed by atoms with Crippen LogP contribution in [0.1, 0.15) is 21.9 Å². The molecule has 4 rings (SSSR count). The summed E-state index contributed by atoms with van der Waals surface area (Å²) in [5.41, 5.74) is 2.15. The van der Waals surface area contributed by atoms with Gasteiger partial charge in [-0.15, -0.1) is 0 Å². The smallest absolute Gasteiger partial charge is 0.293 e. The monoisotopic (exact) mass is 353 g/mol. The van der Waals surface area contributed by atoms with E-state index in [0.29, 0.717) is 28.8 Å². The molecule has 1 amide bonds. The van der Waals surface area contributed by atoms with Crippen molar-refractivity contribution >= 4 is 23.2 Å². The molecule has 0 unspecified atom stereocenters. The van der Waals surface area contributed by atoms with Crippen molar-refractivity contribution in [3.8, 4) is 5.75 Å². The van der Waals surface area contributed by atoms with Gasteiger partial charge in [0.2, 0.25) is 0 Å². The Bertz CT molecular complexity index is 901. The van der Waals surface area contributed by atoms with Crippen LogP contribution in [0, 0.1) is 0 Å². The number of carbonyl (C=O) groups is 1. The summed E-state index contributed by atoms with van der Waals surface area (Å²) in [5, 5.41) is 0.657. The Hall–Kier alpha value is -2.72. The minimum atomic E-state index is -0.123. The van der Waals surface area contributed by atoms with Crippen LogP contribution in [0.4, 0.5) is 5.69 Å². The first-order valence-electron chi connectivity index (χ1n) is 8.07. The summed E-state index contributed by atoms with van der Waals surface area (Å²) in [6, 6.07) is 18.5. The Labute approximate surface area is 150 Å². The number of halogens is 1. The number of nitrogens with zero attached hydrogens (tertiary/aromatic N) is 1. The molecule has 1 aliphatic rings. The topological polar surface area (TPSA) is 42.7 Å². The molecule has 0 saturated heterocycles. The number of benzene rings is 2. The van der Waals surface area contributed by atoms with Crippen molar-refractivity contribution in [1.29, 1.82) is 0 Å². The van der Waals surface area contributed by atoms with Gasteiger partial charge in [0.25, 0.3) is 5.91 Å². The first kappa shape index (κ1) is 15.8. The van der Waals surface area contributed by atoms with E-state index >= 15 is 0 Å². The predicted octanol–water partition coefficient (Wildman–Crippen LogP) is 4.71. The third-order valence-corrected chi connectivity index (χ3v) is 4.45. The van der Waals surface area contributed by atoms with E-state index in [2.05, 4.69) is 6.07 Å². The van der Waals surface area contributed by atoms with Crippen LogP contribution >= 0.6 is 11.6 Å². The van der Waals surface area contributed by atoms with Crippen molar-refractivity contribution in [2.75, 3.05) is 11.4 Å². The van der Waals surface area contributed by atoms with Gasteiger partial charge >= 0.3 is 0 Å². The minimum Gasteiger partial charge on any atom is -0.486 e. The fraction of sp³-hybridized carbons (Fsp3) is 0.150. The number of rotatable bonds is 4. The summed E-state index contributed by atoms with van der Waals surface area (Å²) >= 11 is 5.85. The number of anilines is 1. The first-order chi connectivity index (χ1) is 12.2. The molecular formula is C20H16ClNO3. The second-order valence-electron chi connectivity index (χ2n) is 5.84. The fourth-order valence-corrected chi connectivity index (χ4v) is 3.06. The molecule has 1 aromatic heterocycles. The first-order valence-corrected chi connectivity index (χ1v) is 8.45. The molecule has 2 heterocycles. The highest BCUT2D eigenvalue weighted by atomic mass is 35.5. The van der Waals surface area contributed by atoms with Crippen molar-refractivity contribution in [1.82, 2.24) is 0 Å². The average molecular weight is 354 g/mol. The summed E-state index contributed by atoms with van der Waals surface area (Å²) in [6.45, 7) is 0.932. The van der Waals surface area contributed by atoms with Crippen LogP contribution in [-0.4, -0.2) is 12.5 Å². The zero-order valence-corrected chi connectivity index (χ0v) is 14.2. The van der Waals surface area contributed by atoms with Crippen LogP contribution in [0.2, 0.25) is 5.02 Å². The van der Waals surface area contributed by atoms with E-state index in [-0.39, 0.29) is 12.5 Å². The van der Waals surface area contributed by atoms with Crippen molar-refractivity contribution in [2.24, 2.45) is 0 Å². The number of amides is 1. The highest BCUT2D eigenvalue weighted by molar-refractivity contribution is 6.30. The van der Waals surface area contributed by atoms with Crippen molar-refractivity contribution in [2.45, 2.75) is 13.0 Å². The van der Waals surface area contributed by atoms with Crippen LogP contribution in [-0.2, 0) is 13.0 Å². The molecule has 0 aliphatic carbocycles. The molecule has 0 atom stereocenters. The van der Waals surface area contributed by atoms with E-state index in [4.69, 9.17) is 20.8 Å². The average Bonchev–Trinajstić information content (AvgIpc) is 3.28. The molecular weight excluding hydrogens is 338 g/mol. The third kappa shape index (κ3) is 3.26. The molecule has 25 heavy (non-hydrogen) atoms. The molecule has 3 aromatic rings. The van der Waals surface area contributed by atoms with Crippen molar-refractivity contribution in [3.63, 3.8) is 0 Å². The lowest BCUT2D eigenvalue weighted by Crippen LogP contribution is -2.28. The third-order valence-electron chi connectivity index (χ3n) is 4.20. The lowest BCUT2D eigenvalue weighted by Gasteiger charge is -2.15. The van der Waals surface area contributed by atoms with E-state index in [1.165, 1.54) is 5.56 Å². The van der Waals surface area contributed by atoms with Gasteiger partial charge in [0.15, 0.2) is 5.76 Å². The Morgan fingerprint density at radius 1 is 1.08 bits per heavy atom. The molecule has 0 N–H and O–H groups in total. The predicted molar refractivity (Wildman–Crippen MR) is 96.3 cm³/mol. The number of hydrogen-bond donors (Lipinski definition) is 0. The minimum absolute atomic E-state index is 0.123. The number of ether oxygens (including phenoxy) is 1.